The van der Waals surface area contributed by atoms with Gasteiger partial charge in [-0.1, -0.05) is 24.6 Å². The summed E-state index contributed by atoms with van der Waals surface area (Å²) in [4.78, 5) is 0. The smallest absolute Gasteiger partial charge is 0.123 e. The fourth-order valence-electron chi connectivity index (χ4n) is 1.53. The van der Waals surface area contributed by atoms with Crippen molar-refractivity contribution in [2.45, 2.75) is 20.3 Å². The number of aryl methyl sites for hydroxylation is 1. The fraction of sp³-hybridized carbons (Fsp3) is 0.385. The summed E-state index contributed by atoms with van der Waals surface area (Å²) < 4.78 is 12.9. The largest absolute Gasteiger partial charge is 0.316 e. The minimum atomic E-state index is -0.170. The Hall–Kier alpha value is -1.15. The van der Waals surface area contributed by atoms with Gasteiger partial charge in [0.15, 0.2) is 0 Å². The van der Waals surface area contributed by atoms with Gasteiger partial charge >= 0.3 is 0 Å². The summed E-state index contributed by atoms with van der Waals surface area (Å²) in [7, 11) is 1.93. The minimum absolute atomic E-state index is 0.170. The average Bonchev–Trinajstić information content (AvgIpc) is 2.21. The van der Waals surface area contributed by atoms with Crippen molar-refractivity contribution in [3.63, 3.8) is 0 Å². The van der Waals surface area contributed by atoms with E-state index in [4.69, 9.17) is 0 Å². The maximum Gasteiger partial charge on any atom is 0.123 e. The van der Waals surface area contributed by atoms with Gasteiger partial charge in [-0.05, 0) is 43.7 Å². The normalized spacial score (nSPS) is 11.9. The van der Waals surface area contributed by atoms with Crippen molar-refractivity contribution in [3.05, 3.63) is 40.7 Å². The van der Waals surface area contributed by atoms with Gasteiger partial charge in [0.2, 0.25) is 0 Å². The Morgan fingerprint density at radius 3 is 2.73 bits per heavy atom. The van der Waals surface area contributed by atoms with Crippen LogP contribution in [-0.2, 0) is 0 Å². The van der Waals surface area contributed by atoms with Crippen LogP contribution in [-0.4, -0.2) is 13.6 Å². The Kier molecular flexibility index (Phi) is 4.50. The summed E-state index contributed by atoms with van der Waals surface area (Å²) in [6, 6.07) is 4.90. The van der Waals surface area contributed by atoms with Crippen LogP contribution in [0.3, 0.4) is 0 Å². The van der Waals surface area contributed by atoms with Crippen molar-refractivity contribution in [1.82, 2.24) is 5.32 Å². The van der Waals surface area contributed by atoms with Crippen LogP contribution < -0.4 is 5.32 Å². The average molecular weight is 207 g/mol. The van der Waals surface area contributed by atoms with Crippen LogP contribution >= 0.6 is 0 Å². The maximum absolute atomic E-state index is 12.9. The Bertz CT molecular complexity index is 356. The highest BCUT2D eigenvalue weighted by Crippen LogP contribution is 2.15. The molecule has 0 aliphatic carbocycles. The van der Waals surface area contributed by atoms with Crippen LogP contribution in [0, 0.1) is 12.7 Å². The second-order valence-corrected chi connectivity index (χ2v) is 3.69. The highest BCUT2D eigenvalue weighted by molar-refractivity contribution is 5.56. The van der Waals surface area contributed by atoms with Crippen LogP contribution in [0.15, 0.2) is 23.8 Å². The first kappa shape index (κ1) is 11.9. The summed E-state index contributed by atoms with van der Waals surface area (Å²) >= 11 is 0. The molecule has 1 aromatic carbocycles. The summed E-state index contributed by atoms with van der Waals surface area (Å²) in [5.41, 5.74) is 3.41. The summed E-state index contributed by atoms with van der Waals surface area (Å²) in [5, 5.41) is 3.13. The third-order valence-corrected chi connectivity index (χ3v) is 2.45. The molecular formula is C13H18FN. The third-order valence-electron chi connectivity index (χ3n) is 2.45. The van der Waals surface area contributed by atoms with Crippen LogP contribution in [0.2, 0.25) is 0 Å². The molecule has 1 N–H and O–H groups in total. The Labute approximate surface area is 91.0 Å². The van der Waals surface area contributed by atoms with Gasteiger partial charge in [0.1, 0.15) is 5.82 Å². The van der Waals surface area contributed by atoms with Crippen molar-refractivity contribution in [3.8, 4) is 0 Å². The van der Waals surface area contributed by atoms with Gasteiger partial charge in [0.25, 0.3) is 0 Å². The van der Waals surface area contributed by atoms with E-state index in [1.54, 1.807) is 6.07 Å². The molecule has 0 radical (unpaired) electrons. The lowest BCUT2D eigenvalue weighted by atomic mass is 10.0. The number of benzene rings is 1. The number of hydrogen-bond donors (Lipinski definition) is 1. The van der Waals surface area contributed by atoms with Gasteiger partial charge in [0.05, 0.1) is 0 Å². The topological polar surface area (TPSA) is 12.0 Å². The lowest BCUT2D eigenvalue weighted by molar-refractivity contribution is 0.626. The molecule has 0 unspecified atom stereocenters. The Morgan fingerprint density at radius 2 is 2.20 bits per heavy atom. The highest BCUT2D eigenvalue weighted by atomic mass is 19.1. The molecule has 0 aliphatic rings. The zero-order valence-electron chi connectivity index (χ0n) is 9.60. The van der Waals surface area contributed by atoms with E-state index in [2.05, 4.69) is 18.3 Å². The monoisotopic (exact) mass is 207 g/mol. The highest BCUT2D eigenvalue weighted by Gasteiger charge is 1.99. The van der Waals surface area contributed by atoms with E-state index in [1.807, 2.05) is 20.0 Å². The van der Waals surface area contributed by atoms with Crippen LogP contribution in [0.4, 0.5) is 4.39 Å². The SMILES string of the molecule is CCC(=Cc1ccc(F)cc1C)CNC. The number of likely N-dealkylation sites (N-methyl/N-ethyl adjacent to an activating group) is 1. The van der Waals surface area contributed by atoms with Crippen molar-refractivity contribution in [2.24, 2.45) is 0 Å². The van der Waals surface area contributed by atoms with Crippen LogP contribution in [0.1, 0.15) is 24.5 Å². The first-order chi connectivity index (χ1) is 7.17. The molecule has 0 heterocycles. The Morgan fingerprint density at radius 1 is 1.47 bits per heavy atom. The summed E-state index contributed by atoms with van der Waals surface area (Å²) in [6.45, 7) is 4.94. The second-order valence-electron chi connectivity index (χ2n) is 3.69. The molecule has 0 saturated carbocycles. The fourth-order valence-corrected chi connectivity index (χ4v) is 1.53. The Balaban J connectivity index is 2.95. The number of nitrogens with one attached hydrogen (secondary N) is 1. The molecule has 0 spiro atoms. The van der Waals surface area contributed by atoms with Crippen molar-refractivity contribution in [2.75, 3.05) is 13.6 Å². The van der Waals surface area contributed by atoms with Crippen molar-refractivity contribution in [1.29, 1.82) is 0 Å². The van der Waals surface area contributed by atoms with Gasteiger partial charge in [-0.25, -0.2) is 4.39 Å². The number of rotatable bonds is 4. The van der Waals surface area contributed by atoms with Crippen LogP contribution in [0.5, 0.6) is 0 Å². The third kappa shape index (κ3) is 3.48. The first-order valence-corrected chi connectivity index (χ1v) is 5.27. The minimum Gasteiger partial charge on any atom is -0.316 e. The number of halogens is 1. The van der Waals surface area contributed by atoms with E-state index in [0.717, 1.165) is 24.1 Å². The lowest BCUT2D eigenvalue weighted by Crippen LogP contribution is -2.09. The summed E-state index contributed by atoms with van der Waals surface area (Å²) in [5.74, 6) is -0.170. The molecule has 0 atom stereocenters. The molecule has 1 nitrogen and oxygen atoms in total. The van der Waals surface area contributed by atoms with E-state index < -0.39 is 0 Å². The zero-order chi connectivity index (χ0) is 11.3. The van der Waals surface area contributed by atoms with Gasteiger partial charge in [-0.3, -0.25) is 0 Å². The van der Waals surface area contributed by atoms with Gasteiger partial charge in [-0.15, -0.1) is 0 Å². The molecule has 0 bridgehead atoms. The molecule has 0 fully saturated rings. The van der Waals surface area contributed by atoms with Gasteiger partial charge < -0.3 is 5.32 Å². The molecule has 0 aliphatic heterocycles. The zero-order valence-corrected chi connectivity index (χ0v) is 9.60. The van der Waals surface area contributed by atoms with Crippen molar-refractivity contribution >= 4 is 6.08 Å². The van der Waals surface area contributed by atoms with Gasteiger partial charge in [-0.2, -0.15) is 0 Å². The quantitative estimate of drug-likeness (QED) is 0.799. The molecule has 2 heteroatoms. The maximum atomic E-state index is 12.9. The molecule has 15 heavy (non-hydrogen) atoms. The molecule has 1 aromatic rings. The number of hydrogen-bond acceptors (Lipinski definition) is 1. The predicted molar refractivity (Wildman–Crippen MR) is 63.3 cm³/mol. The molecular weight excluding hydrogens is 189 g/mol. The van der Waals surface area contributed by atoms with E-state index >= 15 is 0 Å². The molecule has 0 amide bonds. The molecule has 0 saturated heterocycles. The van der Waals surface area contributed by atoms with Crippen molar-refractivity contribution < 1.29 is 4.39 Å². The molecule has 82 valence electrons. The predicted octanol–water partition coefficient (Wildman–Crippen LogP) is 3.15. The molecule has 0 aromatic heterocycles. The van der Waals surface area contributed by atoms with E-state index in [-0.39, 0.29) is 5.82 Å². The van der Waals surface area contributed by atoms with Crippen LogP contribution in [0.25, 0.3) is 6.08 Å². The van der Waals surface area contributed by atoms with E-state index in [9.17, 15) is 4.39 Å². The van der Waals surface area contributed by atoms with Gasteiger partial charge in [0, 0.05) is 6.54 Å². The van der Waals surface area contributed by atoms with E-state index in [0.29, 0.717) is 0 Å². The standard InChI is InChI=1S/C13H18FN/c1-4-11(9-15-3)8-12-5-6-13(14)7-10(12)2/h5-8,15H,4,9H2,1-3H3. The second kappa shape index (κ2) is 5.66. The lowest BCUT2D eigenvalue weighted by Gasteiger charge is -2.06. The van der Waals surface area contributed by atoms with E-state index in [1.165, 1.54) is 11.6 Å². The molecule has 1 rings (SSSR count). The first-order valence-electron chi connectivity index (χ1n) is 5.27. The summed E-state index contributed by atoms with van der Waals surface area (Å²) in [6.07, 6.45) is 3.14.